The Bertz CT molecular complexity index is 806. The van der Waals surface area contributed by atoms with E-state index in [-0.39, 0.29) is 0 Å². The molecule has 0 atom stereocenters. The molecule has 0 aliphatic heterocycles. The van der Waals surface area contributed by atoms with E-state index < -0.39 is 0 Å². The predicted octanol–water partition coefficient (Wildman–Crippen LogP) is 5.79. The zero-order valence-electron chi connectivity index (χ0n) is 13.6. The average molecular weight is 318 g/mol. The Morgan fingerprint density at radius 3 is 1.75 bits per heavy atom. The third-order valence-electron chi connectivity index (χ3n) is 3.64. The summed E-state index contributed by atoms with van der Waals surface area (Å²) in [5.41, 5.74) is 3.66. The number of methoxy groups -OCH3 is 2. The van der Waals surface area contributed by atoms with Crippen LogP contribution in [0.15, 0.2) is 83.0 Å². The zero-order valence-corrected chi connectivity index (χ0v) is 13.6. The van der Waals surface area contributed by atoms with Crippen molar-refractivity contribution in [3.05, 3.63) is 72.8 Å². The molecule has 0 aromatic heterocycles. The highest BCUT2D eigenvalue weighted by Gasteiger charge is 2.08. The third kappa shape index (κ3) is 3.43. The Morgan fingerprint density at radius 1 is 0.583 bits per heavy atom. The minimum absolute atomic E-state index is 0.578. The van der Waals surface area contributed by atoms with E-state index in [1.165, 1.54) is 5.56 Å². The molecule has 0 aliphatic rings. The van der Waals surface area contributed by atoms with Crippen molar-refractivity contribution in [1.29, 1.82) is 0 Å². The topological polar surface area (TPSA) is 43.2 Å². The predicted molar refractivity (Wildman–Crippen MR) is 95.6 cm³/mol. The second-order valence-electron chi connectivity index (χ2n) is 5.12. The van der Waals surface area contributed by atoms with Crippen LogP contribution in [-0.4, -0.2) is 14.2 Å². The fourth-order valence-electron chi connectivity index (χ4n) is 2.39. The number of benzene rings is 3. The molecule has 0 spiro atoms. The Morgan fingerprint density at radius 2 is 1.17 bits per heavy atom. The number of hydrogen-bond donors (Lipinski definition) is 0. The Balaban J connectivity index is 1.86. The normalized spacial score (nSPS) is 10.8. The molecule has 0 bridgehead atoms. The first-order valence-corrected chi connectivity index (χ1v) is 7.60. The molecule has 3 aromatic carbocycles. The molecule has 0 radical (unpaired) electrons. The molecular weight excluding hydrogens is 300 g/mol. The van der Waals surface area contributed by atoms with Crippen molar-refractivity contribution in [3.8, 4) is 22.6 Å². The van der Waals surface area contributed by atoms with E-state index in [1.54, 1.807) is 14.2 Å². The first-order chi connectivity index (χ1) is 11.8. The van der Waals surface area contributed by atoms with Gasteiger partial charge in [-0.25, -0.2) is 0 Å². The van der Waals surface area contributed by atoms with Gasteiger partial charge in [0.25, 0.3) is 0 Å². The van der Waals surface area contributed by atoms with Gasteiger partial charge in [0.05, 0.1) is 19.9 Å². The van der Waals surface area contributed by atoms with Crippen LogP contribution in [0.25, 0.3) is 11.1 Å². The van der Waals surface area contributed by atoms with Crippen molar-refractivity contribution in [2.24, 2.45) is 10.2 Å². The van der Waals surface area contributed by atoms with E-state index in [0.29, 0.717) is 17.2 Å². The molecular formula is C20H18N2O2. The van der Waals surface area contributed by atoms with E-state index in [1.807, 2.05) is 60.7 Å². The molecule has 0 unspecified atom stereocenters. The van der Waals surface area contributed by atoms with Gasteiger partial charge in [-0.1, -0.05) is 48.5 Å². The summed E-state index contributed by atoms with van der Waals surface area (Å²) in [6.07, 6.45) is 0. The van der Waals surface area contributed by atoms with Crippen LogP contribution in [0.5, 0.6) is 11.5 Å². The van der Waals surface area contributed by atoms with Gasteiger partial charge in [-0.15, -0.1) is 5.11 Å². The van der Waals surface area contributed by atoms with Gasteiger partial charge in [-0.2, -0.15) is 5.11 Å². The summed E-state index contributed by atoms with van der Waals surface area (Å²) < 4.78 is 10.6. The summed E-state index contributed by atoms with van der Waals surface area (Å²) in [5, 5.41) is 8.59. The largest absolute Gasteiger partial charge is 0.494 e. The minimum atomic E-state index is 0.578. The van der Waals surface area contributed by atoms with Crippen molar-refractivity contribution in [2.75, 3.05) is 14.2 Å². The monoisotopic (exact) mass is 318 g/mol. The summed E-state index contributed by atoms with van der Waals surface area (Å²) in [6.45, 7) is 0. The highest BCUT2D eigenvalue weighted by molar-refractivity contribution is 5.65. The van der Waals surface area contributed by atoms with E-state index in [9.17, 15) is 0 Å². The Kier molecular flexibility index (Phi) is 4.87. The lowest BCUT2D eigenvalue weighted by atomic mass is 10.1. The van der Waals surface area contributed by atoms with Gasteiger partial charge < -0.3 is 9.47 Å². The summed E-state index contributed by atoms with van der Waals surface area (Å²) in [6, 6.07) is 23.7. The van der Waals surface area contributed by atoms with Crippen LogP contribution in [0, 0.1) is 0 Å². The van der Waals surface area contributed by atoms with Gasteiger partial charge in [0.1, 0.15) is 11.5 Å². The fraction of sp³-hybridized carbons (Fsp3) is 0.100. The van der Waals surface area contributed by atoms with Crippen LogP contribution in [0.3, 0.4) is 0 Å². The maximum atomic E-state index is 5.32. The van der Waals surface area contributed by atoms with E-state index in [0.717, 1.165) is 11.3 Å². The number of hydrogen-bond acceptors (Lipinski definition) is 4. The van der Waals surface area contributed by atoms with Crippen molar-refractivity contribution in [2.45, 2.75) is 0 Å². The molecule has 4 nitrogen and oxygen atoms in total. The molecule has 120 valence electrons. The lowest BCUT2D eigenvalue weighted by Crippen LogP contribution is -1.87. The van der Waals surface area contributed by atoms with Gasteiger partial charge in [0, 0.05) is 0 Å². The zero-order chi connectivity index (χ0) is 16.8. The lowest BCUT2D eigenvalue weighted by Gasteiger charge is -2.07. The van der Waals surface area contributed by atoms with Gasteiger partial charge in [-0.3, -0.25) is 0 Å². The second-order valence-corrected chi connectivity index (χ2v) is 5.12. The van der Waals surface area contributed by atoms with Gasteiger partial charge in [0.2, 0.25) is 0 Å². The standard InChI is InChI=1S/C20H18N2O2/c1-23-18-9-6-10-19(24-2)20(18)22-21-17-13-11-16(12-14-17)15-7-4-3-5-8-15/h3-14H,1-2H3. The number of nitrogens with zero attached hydrogens (tertiary/aromatic N) is 2. The average Bonchev–Trinajstić information content (AvgIpc) is 2.67. The molecule has 3 aromatic rings. The van der Waals surface area contributed by atoms with Crippen molar-refractivity contribution < 1.29 is 9.47 Å². The summed E-state index contributed by atoms with van der Waals surface area (Å²) in [4.78, 5) is 0. The summed E-state index contributed by atoms with van der Waals surface area (Å²) in [7, 11) is 3.20. The van der Waals surface area contributed by atoms with Crippen LogP contribution in [0.1, 0.15) is 0 Å². The highest BCUT2D eigenvalue weighted by atomic mass is 16.5. The van der Waals surface area contributed by atoms with Gasteiger partial charge in [0.15, 0.2) is 5.69 Å². The van der Waals surface area contributed by atoms with Crippen molar-refractivity contribution >= 4 is 11.4 Å². The SMILES string of the molecule is COc1cccc(OC)c1N=Nc1ccc(-c2ccccc2)cc1. The molecule has 0 heterocycles. The Labute approximate surface area is 141 Å². The maximum absolute atomic E-state index is 5.32. The smallest absolute Gasteiger partial charge is 0.169 e. The van der Waals surface area contributed by atoms with E-state index in [4.69, 9.17) is 9.47 Å². The number of rotatable bonds is 5. The van der Waals surface area contributed by atoms with Crippen LogP contribution in [0.4, 0.5) is 11.4 Å². The van der Waals surface area contributed by atoms with Crippen LogP contribution in [0.2, 0.25) is 0 Å². The molecule has 24 heavy (non-hydrogen) atoms. The molecule has 0 fully saturated rings. The lowest BCUT2D eigenvalue weighted by molar-refractivity contribution is 0.396. The molecule has 0 amide bonds. The van der Waals surface area contributed by atoms with Gasteiger partial charge >= 0.3 is 0 Å². The first-order valence-electron chi connectivity index (χ1n) is 7.60. The molecule has 3 rings (SSSR count). The molecule has 0 saturated carbocycles. The van der Waals surface area contributed by atoms with Gasteiger partial charge in [-0.05, 0) is 35.4 Å². The van der Waals surface area contributed by atoms with Crippen LogP contribution < -0.4 is 9.47 Å². The Hall–Kier alpha value is -3.14. The minimum Gasteiger partial charge on any atom is -0.494 e. The summed E-state index contributed by atoms with van der Waals surface area (Å²) in [5.74, 6) is 1.25. The molecule has 0 saturated heterocycles. The van der Waals surface area contributed by atoms with Crippen LogP contribution >= 0.6 is 0 Å². The fourth-order valence-corrected chi connectivity index (χ4v) is 2.39. The second kappa shape index (κ2) is 7.42. The molecule has 0 aliphatic carbocycles. The number of azo groups is 1. The third-order valence-corrected chi connectivity index (χ3v) is 3.64. The first kappa shape index (κ1) is 15.7. The van der Waals surface area contributed by atoms with Crippen LogP contribution in [-0.2, 0) is 0 Å². The highest BCUT2D eigenvalue weighted by Crippen LogP contribution is 2.38. The molecule has 4 heteroatoms. The van der Waals surface area contributed by atoms with Crippen molar-refractivity contribution in [1.82, 2.24) is 0 Å². The quantitative estimate of drug-likeness (QED) is 0.559. The van der Waals surface area contributed by atoms with Crippen molar-refractivity contribution in [3.63, 3.8) is 0 Å². The maximum Gasteiger partial charge on any atom is 0.169 e. The number of ether oxygens (including phenoxy) is 2. The summed E-state index contributed by atoms with van der Waals surface area (Å²) >= 11 is 0. The molecule has 0 N–H and O–H groups in total. The van der Waals surface area contributed by atoms with E-state index in [2.05, 4.69) is 22.4 Å². The van der Waals surface area contributed by atoms with E-state index >= 15 is 0 Å².